The van der Waals surface area contributed by atoms with Crippen LogP contribution in [0.4, 0.5) is 0 Å². The summed E-state index contributed by atoms with van der Waals surface area (Å²) in [5, 5.41) is 3.77. The van der Waals surface area contributed by atoms with E-state index in [0.717, 1.165) is 17.9 Å². The van der Waals surface area contributed by atoms with E-state index in [1.807, 2.05) is 0 Å². The van der Waals surface area contributed by atoms with Gasteiger partial charge < -0.3 is 10.2 Å². The van der Waals surface area contributed by atoms with E-state index in [1.165, 1.54) is 58.3 Å². The molecular weight excluding hydrogens is 196 g/mol. The molecule has 0 aromatic heterocycles. The monoisotopic (exact) mass is 224 g/mol. The van der Waals surface area contributed by atoms with Crippen LogP contribution in [0.25, 0.3) is 0 Å². The van der Waals surface area contributed by atoms with Gasteiger partial charge in [0.1, 0.15) is 0 Å². The Bertz CT molecular complexity index is 205. The number of nitrogens with one attached hydrogen (secondary N) is 1. The van der Waals surface area contributed by atoms with E-state index in [1.54, 1.807) is 0 Å². The van der Waals surface area contributed by atoms with Crippen molar-refractivity contribution in [3.63, 3.8) is 0 Å². The predicted octanol–water partition coefficient (Wildman–Crippen LogP) is 2.50. The van der Waals surface area contributed by atoms with Crippen LogP contribution in [0.3, 0.4) is 0 Å². The van der Waals surface area contributed by atoms with Gasteiger partial charge in [-0.05, 0) is 37.6 Å². The van der Waals surface area contributed by atoms with E-state index in [9.17, 15) is 0 Å². The van der Waals surface area contributed by atoms with E-state index in [-0.39, 0.29) is 0 Å². The zero-order valence-corrected chi connectivity index (χ0v) is 11.0. The maximum absolute atomic E-state index is 3.77. The highest BCUT2D eigenvalue weighted by atomic mass is 15.2. The quantitative estimate of drug-likeness (QED) is 0.789. The summed E-state index contributed by atoms with van der Waals surface area (Å²) in [7, 11) is 0. The largest absolute Gasteiger partial charge is 0.312 e. The van der Waals surface area contributed by atoms with Crippen LogP contribution in [-0.2, 0) is 0 Å². The standard InChI is InChI=1S/C14H28N2/c1-12-7-9-16(11-12)10-8-15-14-6-4-3-5-13(14)2/h12-15H,3-11H2,1-2H3. The fourth-order valence-corrected chi connectivity index (χ4v) is 3.26. The molecule has 0 amide bonds. The Morgan fingerprint density at radius 2 is 1.94 bits per heavy atom. The summed E-state index contributed by atoms with van der Waals surface area (Å²) in [4.78, 5) is 2.62. The van der Waals surface area contributed by atoms with Crippen molar-refractivity contribution in [1.29, 1.82) is 0 Å². The van der Waals surface area contributed by atoms with Crippen molar-refractivity contribution in [2.45, 2.75) is 52.0 Å². The third-order valence-corrected chi connectivity index (χ3v) is 4.45. The molecular formula is C14H28N2. The number of nitrogens with zero attached hydrogens (tertiary/aromatic N) is 1. The SMILES string of the molecule is CC1CCN(CCNC2CCCCC2C)C1. The summed E-state index contributed by atoms with van der Waals surface area (Å²) in [6.07, 6.45) is 7.11. The highest BCUT2D eigenvalue weighted by molar-refractivity contribution is 4.79. The fourth-order valence-electron chi connectivity index (χ4n) is 3.26. The lowest BCUT2D eigenvalue weighted by atomic mass is 9.86. The molecule has 94 valence electrons. The fraction of sp³-hybridized carbons (Fsp3) is 1.00. The second-order valence-corrected chi connectivity index (χ2v) is 6.02. The van der Waals surface area contributed by atoms with Gasteiger partial charge in [-0.2, -0.15) is 0 Å². The van der Waals surface area contributed by atoms with Gasteiger partial charge in [0.25, 0.3) is 0 Å². The van der Waals surface area contributed by atoms with Gasteiger partial charge in [-0.3, -0.25) is 0 Å². The normalized spacial score (nSPS) is 36.8. The molecule has 0 spiro atoms. The molecule has 0 radical (unpaired) electrons. The highest BCUT2D eigenvalue weighted by Gasteiger charge is 2.21. The third kappa shape index (κ3) is 3.46. The van der Waals surface area contributed by atoms with Gasteiger partial charge >= 0.3 is 0 Å². The molecule has 2 nitrogen and oxygen atoms in total. The molecule has 1 N–H and O–H groups in total. The van der Waals surface area contributed by atoms with Crippen LogP contribution in [0.5, 0.6) is 0 Å². The maximum Gasteiger partial charge on any atom is 0.0107 e. The zero-order valence-electron chi connectivity index (χ0n) is 11.0. The van der Waals surface area contributed by atoms with E-state index in [2.05, 4.69) is 24.1 Å². The molecule has 1 aliphatic heterocycles. The van der Waals surface area contributed by atoms with Gasteiger partial charge in [-0.25, -0.2) is 0 Å². The third-order valence-electron chi connectivity index (χ3n) is 4.45. The molecule has 2 heteroatoms. The lowest BCUT2D eigenvalue weighted by Gasteiger charge is -2.30. The Balaban J connectivity index is 1.60. The average Bonchev–Trinajstić information content (AvgIpc) is 2.67. The summed E-state index contributed by atoms with van der Waals surface area (Å²) in [5.74, 6) is 1.82. The Kier molecular flexibility index (Phi) is 4.66. The second-order valence-electron chi connectivity index (χ2n) is 6.02. The van der Waals surface area contributed by atoms with Gasteiger partial charge in [-0.1, -0.05) is 26.7 Å². The van der Waals surface area contributed by atoms with Gasteiger partial charge in [-0.15, -0.1) is 0 Å². The zero-order chi connectivity index (χ0) is 11.4. The molecule has 0 aromatic carbocycles. The van der Waals surface area contributed by atoms with Crippen LogP contribution in [0.15, 0.2) is 0 Å². The summed E-state index contributed by atoms with van der Waals surface area (Å²) in [5.41, 5.74) is 0. The number of hydrogen-bond donors (Lipinski definition) is 1. The van der Waals surface area contributed by atoms with Gasteiger partial charge in [0, 0.05) is 25.7 Å². The van der Waals surface area contributed by atoms with E-state index in [4.69, 9.17) is 0 Å². The smallest absolute Gasteiger partial charge is 0.0107 e. The number of rotatable bonds is 4. The average molecular weight is 224 g/mol. The van der Waals surface area contributed by atoms with Crippen LogP contribution in [-0.4, -0.2) is 37.1 Å². The second kappa shape index (κ2) is 6.02. The first-order valence-electron chi connectivity index (χ1n) is 7.21. The van der Waals surface area contributed by atoms with Crippen molar-refractivity contribution in [3.8, 4) is 0 Å². The minimum Gasteiger partial charge on any atom is -0.312 e. The minimum atomic E-state index is 0.800. The summed E-state index contributed by atoms with van der Waals surface area (Å²) >= 11 is 0. The van der Waals surface area contributed by atoms with Crippen LogP contribution < -0.4 is 5.32 Å². The van der Waals surface area contributed by atoms with Crippen LogP contribution >= 0.6 is 0 Å². The first-order chi connectivity index (χ1) is 7.75. The predicted molar refractivity (Wildman–Crippen MR) is 69.6 cm³/mol. The molecule has 0 bridgehead atoms. The van der Waals surface area contributed by atoms with Crippen LogP contribution in [0.2, 0.25) is 0 Å². The topological polar surface area (TPSA) is 15.3 Å². The molecule has 1 aliphatic carbocycles. The maximum atomic E-state index is 3.77. The molecule has 3 atom stereocenters. The first-order valence-corrected chi connectivity index (χ1v) is 7.21. The number of likely N-dealkylation sites (tertiary alicyclic amines) is 1. The molecule has 1 saturated carbocycles. The highest BCUT2D eigenvalue weighted by Crippen LogP contribution is 2.23. The van der Waals surface area contributed by atoms with Crippen molar-refractivity contribution >= 4 is 0 Å². The molecule has 2 rings (SSSR count). The lowest BCUT2D eigenvalue weighted by Crippen LogP contribution is -2.41. The molecule has 1 saturated heterocycles. The summed E-state index contributed by atoms with van der Waals surface area (Å²) in [6.45, 7) is 9.88. The summed E-state index contributed by atoms with van der Waals surface area (Å²) in [6, 6.07) is 0.800. The van der Waals surface area contributed by atoms with E-state index < -0.39 is 0 Å². The van der Waals surface area contributed by atoms with Gasteiger partial charge in [0.05, 0.1) is 0 Å². The van der Waals surface area contributed by atoms with E-state index >= 15 is 0 Å². The molecule has 3 unspecified atom stereocenters. The van der Waals surface area contributed by atoms with Crippen LogP contribution in [0, 0.1) is 11.8 Å². The molecule has 2 aliphatic rings. The molecule has 0 aromatic rings. The Labute approximate surface area is 101 Å². The summed E-state index contributed by atoms with van der Waals surface area (Å²) < 4.78 is 0. The van der Waals surface area contributed by atoms with Crippen molar-refractivity contribution in [3.05, 3.63) is 0 Å². The first kappa shape index (κ1) is 12.4. The Morgan fingerprint density at radius 3 is 2.62 bits per heavy atom. The van der Waals surface area contributed by atoms with Crippen molar-refractivity contribution in [2.24, 2.45) is 11.8 Å². The lowest BCUT2D eigenvalue weighted by molar-refractivity contribution is 0.259. The van der Waals surface area contributed by atoms with Gasteiger partial charge in [0.2, 0.25) is 0 Å². The van der Waals surface area contributed by atoms with Gasteiger partial charge in [0.15, 0.2) is 0 Å². The molecule has 2 fully saturated rings. The van der Waals surface area contributed by atoms with Crippen molar-refractivity contribution in [2.75, 3.05) is 26.2 Å². The molecule has 16 heavy (non-hydrogen) atoms. The van der Waals surface area contributed by atoms with Crippen LogP contribution in [0.1, 0.15) is 46.0 Å². The van der Waals surface area contributed by atoms with E-state index in [0.29, 0.717) is 0 Å². The molecule has 1 heterocycles. The Morgan fingerprint density at radius 1 is 1.12 bits per heavy atom. The minimum absolute atomic E-state index is 0.800. The van der Waals surface area contributed by atoms with Crippen molar-refractivity contribution in [1.82, 2.24) is 10.2 Å². The number of hydrogen-bond acceptors (Lipinski definition) is 2. The Hall–Kier alpha value is -0.0800. The van der Waals surface area contributed by atoms with Crippen molar-refractivity contribution < 1.29 is 0 Å².